The van der Waals surface area contributed by atoms with Crippen molar-refractivity contribution in [2.24, 2.45) is 5.14 Å². The third-order valence-electron chi connectivity index (χ3n) is 1.21. The molecule has 0 saturated carbocycles. The van der Waals surface area contributed by atoms with Gasteiger partial charge in [-0.3, -0.25) is 4.98 Å². The molecule has 2 N–H and O–H groups in total. The number of primary sulfonamides is 1. The van der Waals surface area contributed by atoms with Crippen molar-refractivity contribution >= 4 is 22.4 Å². The van der Waals surface area contributed by atoms with Gasteiger partial charge in [-0.1, -0.05) is 0 Å². The monoisotopic (exact) mass is 208 g/mol. The maximum absolute atomic E-state index is 10.7. The molecular weight excluding hydrogens is 200 g/mol. The molecule has 0 aromatic carbocycles. The van der Waals surface area contributed by atoms with Gasteiger partial charge in [-0.2, -0.15) is 0 Å². The zero-order valence-electron chi connectivity index (χ0n) is 6.39. The standard InChI is InChI=1S/C6H8N2O2S.ClH/c1-5-2-3-6(4-8-5)11(7,9)10;/h2-4H,1H3,(H2,7,9,10);1H. The summed E-state index contributed by atoms with van der Waals surface area (Å²) >= 11 is 0. The van der Waals surface area contributed by atoms with Gasteiger partial charge in [0.25, 0.3) is 0 Å². The zero-order valence-corrected chi connectivity index (χ0v) is 8.02. The first kappa shape index (κ1) is 11.4. The molecule has 0 amide bonds. The summed E-state index contributed by atoms with van der Waals surface area (Å²) in [5.74, 6) is 0. The van der Waals surface area contributed by atoms with Crippen LogP contribution in [-0.4, -0.2) is 13.4 Å². The average Bonchev–Trinajstić information content (AvgIpc) is 1.86. The van der Waals surface area contributed by atoms with Crippen LogP contribution in [0.4, 0.5) is 0 Å². The van der Waals surface area contributed by atoms with Crippen LogP contribution in [-0.2, 0) is 10.0 Å². The van der Waals surface area contributed by atoms with E-state index in [0.29, 0.717) is 0 Å². The lowest BCUT2D eigenvalue weighted by atomic mass is 10.4. The van der Waals surface area contributed by atoms with E-state index in [1.807, 2.05) is 0 Å². The summed E-state index contributed by atoms with van der Waals surface area (Å²) < 4.78 is 21.4. The van der Waals surface area contributed by atoms with Gasteiger partial charge in [-0.15, -0.1) is 12.4 Å². The van der Waals surface area contributed by atoms with E-state index in [-0.39, 0.29) is 17.3 Å². The predicted molar refractivity (Wildman–Crippen MR) is 47.6 cm³/mol. The molecule has 4 nitrogen and oxygen atoms in total. The third-order valence-corrected chi connectivity index (χ3v) is 2.11. The van der Waals surface area contributed by atoms with Crippen molar-refractivity contribution in [3.05, 3.63) is 24.0 Å². The minimum absolute atomic E-state index is 0. The van der Waals surface area contributed by atoms with E-state index < -0.39 is 10.0 Å². The normalized spacial score (nSPS) is 10.5. The van der Waals surface area contributed by atoms with E-state index in [0.717, 1.165) is 5.69 Å². The van der Waals surface area contributed by atoms with Gasteiger partial charge < -0.3 is 0 Å². The second-order valence-corrected chi connectivity index (χ2v) is 3.74. The van der Waals surface area contributed by atoms with Gasteiger partial charge in [0.2, 0.25) is 10.0 Å². The van der Waals surface area contributed by atoms with Crippen molar-refractivity contribution in [3.63, 3.8) is 0 Å². The molecule has 1 aromatic rings. The van der Waals surface area contributed by atoms with Crippen LogP contribution in [0.25, 0.3) is 0 Å². The molecule has 68 valence electrons. The van der Waals surface area contributed by atoms with E-state index in [4.69, 9.17) is 5.14 Å². The Kier molecular flexibility index (Phi) is 3.63. The van der Waals surface area contributed by atoms with Gasteiger partial charge in [0.05, 0.1) is 0 Å². The first-order chi connectivity index (χ1) is 5.00. The summed E-state index contributed by atoms with van der Waals surface area (Å²) in [4.78, 5) is 3.83. The van der Waals surface area contributed by atoms with Crippen molar-refractivity contribution < 1.29 is 8.42 Å². The molecule has 6 heteroatoms. The summed E-state index contributed by atoms with van der Waals surface area (Å²) in [6.07, 6.45) is 1.24. The highest BCUT2D eigenvalue weighted by Crippen LogP contribution is 2.03. The molecule has 0 radical (unpaired) electrons. The Balaban J connectivity index is 0.00000121. The number of pyridine rings is 1. The molecule has 0 aliphatic rings. The summed E-state index contributed by atoms with van der Waals surface area (Å²) in [7, 11) is -3.58. The molecule has 0 spiro atoms. The van der Waals surface area contributed by atoms with Crippen molar-refractivity contribution in [3.8, 4) is 0 Å². The van der Waals surface area contributed by atoms with Crippen LogP contribution in [0.3, 0.4) is 0 Å². The molecular formula is C6H9ClN2O2S. The highest BCUT2D eigenvalue weighted by Gasteiger charge is 2.05. The van der Waals surface area contributed by atoms with Crippen LogP contribution < -0.4 is 5.14 Å². The Morgan fingerprint density at radius 1 is 1.42 bits per heavy atom. The van der Waals surface area contributed by atoms with Gasteiger partial charge in [0, 0.05) is 11.9 Å². The number of hydrogen-bond acceptors (Lipinski definition) is 3. The lowest BCUT2D eigenvalue weighted by Crippen LogP contribution is -2.12. The van der Waals surface area contributed by atoms with Crippen LogP contribution in [0.1, 0.15) is 5.69 Å². The number of hydrogen-bond donors (Lipinski definition) is 1. The second kappa shape index (κ2) is 3.84. The SMILES string of the molecule is Cc1ccc(S(N)(=O)=O)cn1.Cl. The average molecular weight is 209 g/mol. The Morgan fingerprint density at radius 3 is 2.33 bits per heavy atom. The molecule has 1 heterocycles. The van der Waals surface area contributed by atoms with Crippen LogP contribution in [0.5, 0.6) is 0 Å². The lowest BCUT2D eigenvalue weighted by Gasteiger charge is -1.95. The van der Waals surface area contributed by atoms with E-state index in [1.54, 1.807) is 13.0 Å². The van der Waals surface area contributed by atoms with Crippen molar-refractivity contribution in [2.45, 2.75) is 11.8 Å². The first-order valence-electron chi connectivity index (χ1n) is 2.95. The number of sulfonamides is 1. The first-order valence-corrected chi connectivity index (χ1v) is 4.50. The number of nitrogens with two attached hydrogens (primary N) is 1. The fraction of sp³-hybridized carbons (Fsp3) is 0.167. The number of rotatable bonds is 1. The Hall–Kier alpha value is -0.650. The second-order valence-electron chi connectivity index (χ2n) is 2.18. The summed E-state index contributed by atoms with van der Waals surface area (Å²) in [6, 6.07) is 3.03. The lowest BCUT2D eigenvalue weighted by molar-refractivity contribution is 0.597. The molecule has 1 rings (SSSR count). The Labute approximate surface area is 77.3 Å². The molecule has 0 aliphatic heterocycles. The van der Waals surface area contributed by atoms with Gasteiger partial charge in [0.15, 0.2) is 0 Å². The Bertz CT molecular complexity index is 346. The van der Waals surface area contributed by atoms with Gasteiger partial charge in [0.1, 0.15) is 4.90 Å². The van der Waals surface area contributed by atoms with Crippen LogP contribution in [0.15, 0.2) is 23.2 Å². The van der Waals surface area contributed by atoms with Crippen LogP contribution >= 0.6 is 12.4 Å². The molecule has 12 heavy (non-hydrogen) atoms. The highest BCUT2D eigenvalue weighted by molar-refractivity contribution is 7.89. The van der Waals surface area contributed by atoms with Crippen molar-refractivity contribution in [2.75, 3.05) is 0 Å². The van der Waals surface area contributed by atoms with E-state index in [1.165, 1.54) is 12.3 Å². The number of aryl methyl sites for hydroxylation is 1. The van der Waals surface area contributed by atoms with Crippen LogP contribution in [0, 0.1) is 6.92 Å². The largest absolute Gasteiger partial charge is 0.260 e. The minimum Gasteiger partial charge on any atom is -0.260 e. The zero-order chi connectivity index (χ0) is 8.48. The topological polar surface area (TPSA) is 73.1 Å². The molecule has 0 unspecified atom stereocenters. The van der Waals surface area contributed by atoms with Crippen molar-refractivity contribution in [1.82, 2.24) is 4.98 Å². The quantitative estimate of drug-likeness (QED) is 0.729. The minimum atomic E-state index is -3.58. The number of nitrogens with zero attached hydrogens (tertiary/aromatic N) is 1. The maximum Gasteiger partial charge on any atom is 0.239 e. The maximum atomic E-state index is 10.7. The predicted octanol–water partition coefficient (Wildman–Crippen LogP) is 0.459. The summed E-state index contributed by atoms with van der Waals surface area (Å²) in [6.45, 7) is 1.77. The molecule has 0 bridgehead atoms. The number of halogens is 1. The molecule has 0 aliphatic carbocycles. The van der Waals surface area contributed by atoms with E-state index >= 15 is 0 Å². The van der Waals surface area contributed by atoms with Crippen LogP contribution in [0.2, 0.25) is 0 Å². The van der Waals surface area contributed by atoms with E-state index in [2.05, 4.69) is 4.98 Å². The number of aromatic nitrogens is 1. The highest BCUT2D eigenvalue weighted by atomic mass is 35.5. The molecule has 0 atom stereocenters. The summed E-state index contributed by atoms with van der Waals surface area (Å²) in [5.41, 5.74) is 0.761. The smallest absolute Gasteiger partial charge is 0.239 e. The van der Waals surface area contributed by atoms with Gasteiger partial charge in [-0.25, -0.2) is 13.6 Å². The Morgan fingerprint density at radius 2 is 2.00 bits per heavy atom. The van der Waals surface area contributed by atoms with E-state index in [9.17, 15) is 8.42 Å². The third kappa shape index (κ3) is 2.77. The fourth-order valence-corrected chi connectivity index (χ4v) is 1.08. The fourth-order valence-electron chi connectivity index (χ4n) is 0.623. The van der Waals surface area contributed by atoms with Gasteiger partial charge in [-0.05, 0) is 19.1 Å². The molecule has 1 aromatic heterocycles. The molecule has 0 saturated heterocycles. The van der Waals surface area contributed by atoms with Gasteiger partial charge >= 0.3 is 0 Å². The van der Waals surface area contributed by atoms with Crippen molar-refractivity contribution in [1.29, 1.82) is 0 Å². The summed E-state index contributed by atoms with van der Waals surface area (Å²) in [5, 5.41) is 4.84. The molecule has 0 fully saturated rings.